The molecule has 0 bridgehead atoms. The Morgan fingerprint density at radius 3 is 0.698 bits per heavy atom. The molecule has 0 aliphatic heterocycles. The van der Waals surface area contributed by atoms with E-state index in [0.717, 1.165) is 173 Å². The maximum Gasteiger partial charge on any atom is 0.306 e. The highest BCUT2D eigenvalue weighted by Crippen LogP contribution is 2.13. The molecule has 0 aliphatic rings. The van der Waals surface area contributed by atoms with Crippen molar-refractivity contribution < 1.29 is 24.2 Å². The number of allylic oxidation sites excluding steroid dienone is 38. The van der Waals surface area contributed by atoms with Crippen LogP contribution in [0.15, 0.2) is 231 Å². The zero-order valence-corrected chi connectivity index (χ0v) is 54.5. The van der Waals surface area contributed by atoms with Crippen molar-refractivity contribution in [2.75, 3.05) is 13.2 Å². The van der Waals surface area contributed by atoms with E-state index in [1.54, 1.807) is 0 Å². The van der Waals surface area contributed by atoms with Crippen LogP contribution in [0.25, 0.3) is 0 Å². The second-order valence-corrected chi connectivity index (χ2v) is 21.4. The van der Waals surface area contributed by atoms with Crippen molar-refractivity contribution in [3.63, 3.8) is 0 Å². The standard InChI is InChI=1S/C81H122O5/c1-3-5-7-9-11-13-15-17-19-21-23-25-27-29-31-33-35-36-37-38-39-40-41-42-43-44-46-48-50-52-54-56-58-60-62-64-66-68-70-72-74-76-81(84)86-79(77-82)78-85-80(83)75-73-71-69-67-65-63-61-59-57-55-53-51-49-47-45-34-32-30-28-26-24-22-20-18-16-14-12-10-8-6-4-2/h5-8,11-14,17-20,23-26,29-32,35-36,38-39,41-42,44-47,50-53,56-59,79,82H,3-4,9-10,15-16,21-22,27-28,33-34,37,40,43,48-49,54-55,60-78H2,1-2H3/b7-5-,8-6-,13-11-,14-12-,19-17-,20-18-,25-23-,26-24-,31-29-,32-30-,36-35-,39-38-,42-41-,46-44-,47-45-,52-50-,53-51-,58-56-,59-57-. The first-order valence-corrected chi connectivity index (χ1v) is 33.9. The number of rotatable bonds is 59. The summed E-state index contributed by atoms with van der Waals surface area (Å²) in [5.74, 6) is -0.638. The number of hydrogen-bond donors (Lipinski definition) is 1. The van der Waals surface area contributed by atoms with Crippen molar-refractivity contribution >= 4 is 11.9 Å². The average molecular weight is 1180 g/mol. The lowest BCUT2D eigenvalue weighted by molar-refractivity contribution is -0.161. The number of hydrogen-bond acceptors (Lipinski definition) is 5. The smallest absolute Gasteiger partial charge is 0.306 e. The minimum absolute atomic E-state index is 0.0941. The first-order valence-electron chi connectivity index (χ1n) is 33.9. The molecule has 476 valence electrons. The Balaban J connectivity index is 3.67. The SMILES string of the molecule is CC/C=C\C/C=C\C/C=C\C/C=C\C/C=C\C/C=C\C/C=C\C/C=C\C/C=C\C/C=C\C/C=C\CCCCCCCCCC(=O)OC(CO)COC(=O)CCCCCCCC/C=C\C/C=C\C/C=C\C/C=C\C/C=C\C/C=C\C/C=C\C/C=C\CC. The van der Waals surface area contributed by atoms with E-state index in [9.17, 15) is 14.7 Å². The predicted molar refractivity (Wildman–Crippen MR) is 379 cm³/mol. The monoisotopic (exact) mass is 1170 g/mol. The van der Waals surface area contributed by atoms with Gasteiger partial charge in [0.15, 0.2) is 6.10 Å². The molecular formula is C81H122O5. The van der Waals surface area contributed by atoms with Crippen molar-refractivity contribution in [1.82, 2.24) is 0 Å². The predicted octanol–water partition coefficient (Wildman–Crippen LogP) is 24.1. The van der Waals surface area contributed by atoms with E-state index in [0.29, 0.717) is 12.8 Å². The van der Waals surface area contributed by atoms with Gasteiger partial charge in [-0.3, -0.25) is 9.59 Å². The molecule has 5 heteroatoms. The summed E-state index contributed by atoms with van der Waals surface area (Å²) in [6, 6.07) is 0. The number of esters is 2. The zero-order chi connectivity index (χ0) is 61.9. The van der Waals surface area contributed by atoms with Crippen LogP contribution in [0.2, 0.25) is 0 Å². The Morgan fingerprint density at radius 1 is 0.267 bits per heavy atom. The van der Waals surface area contributed by atoms with Crippen LogP contribution in [-0.4, -0.2) is 36.4 Å². The van der Waals surface area contributed by atoms with Crippen LogP contribution in [0.3, 0.4) is 0 Å². The van der Waals surface area contributed by atoms with E-state index in [1.807, 2.05) is 0 Å². The van der Waals surface area contributed by atoms with Crippen LogP contribution in [0.1, 0.15) is 245 Å². The Labute approximate surface area is 528 Å². The molecule has 1 unspecified atom stereocenters. The van der Waals surface area contributed by atoms with Gasteiger partial charge in [0.25, 0.3) is 0 Å². The molecule has 86 heavy (non-hydrogen) atoms. The summed E-state index contributed by atoms with van der Waals surface area (Å²) in [7, 11) is 0. The van der Waals surface area contributed by atoms with Gasteiger partial charge in [-0.05, 0) is 161 Å². The molecule has 0 radical (unpaired) electrons. The molecule has 0 aromatic rings. The number of aliphatic hydroxyl groups is 1. The molecule has 1 atom stereocenters. The molecule has 0 saturated carbocycles. The Kier molecular flexibility index (Phi) is 68.1. The van der Waals surface area contributed by atoms with Gasteiger partial charge in [0.1, 0.15) is 6.61 Å². The number of unbranched alkanes of at least 4 members (excludes halogenated alkanes) is 13. The van der Waals surface area contributed by atoms with Crippen molar-refractivity contribution in [2.24, 2.45) is 0 Å². The third kappa shape index (κ3) is 70.4. The molecule has 0 amide bonds. The summed E-state index contributed by atoms with van der Waals surface area (Å²) in [5.41, 5.74) is 0. The highest BCUT2D eigenvalue weighted by atomic mass is 16.6. The molecule has 1 N–H and O–H groups in total. The topological polar surface area (TPSA) is 72.8 Å². The fourth-order valence-corrected chi connectivity index (χ4v) is 8.46. The summed E-state index contributed by atoms with van der Waals surface area (Å²) < 4.78 is 10.7. The molecule has 0 spiro atoms. The molecule has 0 heterocycles. The second-order valence-electron chi connectivity index (χ2n) is 21.4. The van der Waals surface area contributed by atoms with E-state index in [4.69, 9.17) is 9.47 Å². The van der Waals surface area contributed by atoms with Crippen LogP contribution in [-0.2, 0) is 19.1 Å². The summed E-state index contributed by atoms with van der Waals surface area (Å²) >= 11 is 0. The van der Waals surface area contributed by atoms with E-state index in [1.165, 1.54) is 44.9 Å². The molecule has 0 fully saturated rings. The maximum absolute atomic E-state index is 12.4. The van der Waals surface area contributed by atoms with Crippen molar-refractivity contribution in [3.05, 3.63) is 231 Å². The number of carbonyl (C=O) groups is 2. The van der Waals surface area contributed by atoms with Crippen LogP contribution < -0.4 is 0 Å². The molecular weight excluding hydrogens is 1050 g/mol. The summed E-state index contributed by atoms with van der Waals surface area (Å²) in [5, 5.41) is 9.69. The largest absolute Gasteiger partial charge is 0.462 e. The third-order valence-electron chi connectivity index (χ3n) is 13.5. The molecule has 0 aliphatic carbocycles. The molecule has 0 aromatic heterocycles. The second kappa shape index (κ2) is 73.2. The van der Waals surface area contributed by atoms with E-state index >= 15 is 0 Å². The Hall–Kier alpha value is -6.04. The molecule has 0 aromatic carbocycles. The highest BCUT2D eigenvalue weighted by Gasteiger charge is 2.16. The van der Waals surface area contributed by atoms with Crippen LogP contribution in [0.5, 0.6) is 0 Å². The summed E-state index contributed by atoms with van der Waals surface area (Å²) in [6.45, 7) is 3.88. The van der Waals surface area contributed by atoms with E-state index < -0.39 is 6.10 Å². The van der Waals surface area contributed by atoms with Gasteiger partial charge in [-0.1, -0.05) is 303 Å². The van der Waals surface area contributed by atoms with Gasteiger partial charge in [0.05, 0.1) is 6.61 Å². The summed E-state index contributed by atoms with van der Waals surface area (Å²) in [6.07, 6.45) is 120. The quantitative estimate of drug-likeness (QED) is 0.0373. The lowest BCUT2D eigenvalue weighted by Gasteiger charge is -2.15. The average Bonchev–Trinajstić information content (AvgIpc) is 3.54. The van der Waals surface area contributed by atoms with Gasteiger partial charge in [-0.25, -0.2) is 0 Å². The third-order valence-corrected chi connectivity index (χ3v) is 13.5. The number of carbonyl (C=O) groups excluding carboxylic acids is 2. The fraction of sp³-hybridized carbons (Fsp3) is 0.506. The van der Waals surface area contributed by atoms with Crippen LogP contribution in [0, 0.1) is 0 Å². The molecule has 5 nitrogen and oxygen atoms in total. The van der Waals surface area contributed by atoms with E-state index in [-0.39, 0.29) is 25.2 Å². The van der Waals surface area contributed by atoms with Crippen molar-refractivity contribution in [1.29, 1.82) is 0 Å². The van der Waals surface area contributed by atoms with Gasteiger partial charge < -0.3 is 14.6 Å². The molecule has 0 rings (SSSR count). The summed E-state index contributed by atoms with van der Waals surface area (Å²) in [4.78, 5) is 24.6. The minimum Gasteiger partial charge on any atom is -0.462 e. The minimum atomic E-state index is -0.805. The van der Waals surface area contributed by atoms with Gasteiger partial charge in [0.2, 0.25) is 0 Å². The maximum atomic E-state index is 12.4. The molecule has 0 saturated heterocycles. The zero-order valence-electron chi connectivity index (χ0n) is 54.5. The first kappa shape index (κ1) is 80.0. The lowest BCUT2D eigenvalue weighted by Crippen LogP contribution is -2.28. The van der Waals surface area contributed by atoms with Crippen molar-refractivity contribution in [3.8, 4) is 0 Å². The van der Waals surface area contributed by atoms with Gasteiger partial charge in [-0.2, -0.15) is 0 Å². The first-order chi connectivity index (χ1) is 42.6. The van der Waals surface area contributed by atoms with E-state index in [2.05, 4.69) is 245 Å². The van der Waals surface area contributed by atoms with Crippen LogP contribution >= 0.6 is 0 Å². The van der Waals surface area contributed by atoms with Crippen molar-refractivity contribution in [2.45, 2.75) is 251 Å². The highest BCUT2D eigenvalue weighted by molar-refractivity contribution is 5.70. The Bertz CT molecular complexity index is 2110. The Morgan fingerprint density at radius 2 is 0.465 bits per heavy atom. The fourth-order valence-electron chi connectivity index (χ4n) is 8.46. The number of ether oxygens (including phenoxy) is 2. The normalized spacial score (nSPS) is 13.8. The van der Waals surface area contributed by atoms with Crippen LogP contribution in [0.4, 0.5) is 0 Å². The van der Waals surface area contributed by atoms with Gasteiger partial charge in [0, 0.05) is 12.8 Å². The van der Waals surface area contributed by atoms with Gasteiger partial charge in [-0.15, -0.1) is 0 Å². The number of aliphatic hydroxyl groups excluding tert-OH is 1. The van der Waals surface area contributed by atoms with Gasteiger partial charge >= 0.3 is 11.9 Å². The lowest BCUT2D eigenvalue weighted by atomic mass is 10.1.